The van der Waals surface area contributed by atoms with Crippen LogP contribution in [-0.4, -0.2) is 24.1 Å². The predicted octanol–water partition coefficient (Wildman–Crippen LogP) is 3.55. The lowest BCUT2D eigenvalue weighted by molar-refractivity contribution is -0.384. The maximum atomic E-state index is 10.9. The standard InChI is InChI=1S/C18H18N4O2/c19-12-14-11-17(22(23)24)8-9-18(14)21-10-4-7-16(13-21)20-15-5-2-1-3-6-15/h1-3,5-6,8-9,11,16,20H,4,7,10,13H2. The van der Waals surface area contributed by atoms with Gasteiger partial charge in [0.15, 0.2) is 0 Å². The number of benzene rings is 2. The van der Waals surface area contributed by atoms with Crippen LogP contribution in [0.5, 0.6) is 0 Å². The molecule has 122 valence electrons. The van der Waals surface area contributed by atoms with E-state index in [0.717, 1.165) is 37.3 Å². The average Bonchev–Trinajstić information content (AvgIpc) is 2.62. The zero-order valence-corrected chi connectivity index (χ0v) is 13.2. The minimum atomic E-state index is -0.472. The van der Waals surface area contributed by atoms with E-state index >= 15 is 0 Å². The molecule has 2 aromatic carbocycles. The number of piperidine rings is 1. The molecular weight excluding hydrogens is 304 g/mol. The van der Waals surface area contributed by atoms with Gasteiger partial charge in [0, 0.05) is 37.0 Å². The first kappa shape index (κ1) is 15.8. The Labute approximate surface area is 140 Å². The lowest BCUT2D eigenvalue weighted by Crippen LogP contribution is -2.42. The van der Waals surface area contributed by atoms with Crippen LogP contribution in [0.25, 0.3) is 0 Å². The molecule has 6 heteroatoms. The van der Waals surface area contributed by atoms with E-state index < -0.39 is 4.92 Å². The lowest BCUT2D eigenvalue weighted by atomic mass is 10.0. The topological polar surface area (TPSA) is 82.2 Å². The number of nitriles is 1. The van der Waals surface area contributed by atoms with Gasteiger partial charge < -0.3 is 10.2 Å². The molecular formula is C18H18N4O2. The third kappa shape index (κ3) is 3.46. The molecule has 1 heterocycles. The van der Waals surface area contributed by atoms with Crippen LogP contribution in [0.1, 0.15) is 18.4 Å². The highest BCUT2D eigenvalue weighted by atomic mass is 16.6. The van der Waals surface area contributed by atoms with Crippen LogP contribution < -0.4 is 10.2 Å². The Bertz CT molecular complexity index is 770. The Kier molecular flexibility index (Phi) is 4.62. The van der Waals surface area contributed by atoms with Gasteiger partial charge in [-0.1, -0.05) is 18.2 Å². The maximum Gasteiger partial charge on any atom is 0.270 e. The normalized spacial score (nSPS) is 17.1. The zero-order valence-electron chi connectivity index (χ0n) is 13.2. The lowest BCUT2D eigenvalue weighted by Gasteiger charge is -2.35. The summed E-state index contributed by atoms with van der Waals surface area (Å²) < 4.78 is 0. The van der Waals surface area contributed by atoms with E-state index in [1.807, 2.05) is 30.3 Å². The van der Waals surface area contributed by atoms with Crippen LogP contribution in [0.3, 0.4) is 0 Å². The zero-order chi connectivity index (χ0) is 16.9. The first-order valence-electron chi connectivity index (χ1n) is 7.92. The minimum absolute atomic E-state index is 0.0498. The fourth-order valence-electron chi connectivity index (χ4n) is 3.09. The molecule has 1 N–H and O–H groups in total. The number of nitrogens with one attached hydrogen (secondary N) is 1. The number of anilines is 2. The molecule has 0 bridgehead atoms. The smallest absolute Gasteiger partial charge is 0.270 e. The Balaban J connectivity index is 1.77. The predicted molar refractivity (Wildman–Crippen MR) is 93.1 cm³/mol. The van der Waals surface area contributed by atoms with Gasteiger partial charge in [-0.3, -0.25) is 10.1 Å². The summed E-state index contributed by atoms with van der Waals surface area (Å²) in [5.74, 6) is 0. The van der Waals surface area contributed by atoms with Crippen LogP contribution in [-0.2, 0) is 0 Å². The molecule has 6 nitrogen and oxygen atoms in total. The largest absolute Gasteiger partial charge is 0.381 e. The summed E-state index contributed by atoms with van der Waals surface area (Å²) in [6.45, 7) is 1.61. The number of nitro benzene ring substituents is 1. The van der Waals surface area contributed by atoms with Gasteiger partial charge in [-0.25, -0.2) is 0 Å². The highest BCUT2D eigenvalue weighted by Gasteiger charge is 2.23. The highest BCUT2D eigenvalue weighted by Crippen LogP contribution is 2.28. The van der Waals surface area contributed by atoms with E-state index in [-0.39, 0.29) is 11.7 Å². The highest BCUT2D eigenvalue weighted by molar-refractivity contribution is 5.63. The summed E-state index contributed by atoms with van der Waals surface area (Å²) in [6.07, 6.45) is 2.06. The van der Waals surface area contributed by atoms with Crippen molar-refractivity contribution < 1.29 is 4.92 Å². The fraction of sp³-hybridized carbons (Fsp3) is 0.278. The van der Waals surface area contributed by atoms with Crippen LogP contribution in [0, 0.1) is 21.4 Å². The fourth-order valence-corrected chi connectivity index (χ4v) is 3.09. The van der Waals surface area contributed by atoms with Gasteiger partial charge in [-0.2, -0.15) is 5.26 Å². The Morgan fingerprint density at radius 2 is 2.04 bits per heavy atom. The van der Waals surface area contributed by atoms with Gasteiger partial charge in [0.2, 0.25) is 0 Å². The second-order valence-corrected chi connectivity index (χ2v) is 5.87. The van der Waals surface area contributed by atoms with Crippen molar-refractivity contribution in [2.75, 3.05) is 23.3 Å². The van der Waals surface area contributed by atoms with Crippen molar-refractivity contribution in [3.63, 3.8) is 0 Å². The van der Waals surface area contributed by atoms with Gasteiger partial charge in [0.25, 0.3) is 5.69 Å². The molecule has 0 spiro atoms. The number of hydrogen-bond donors (Lipinski definition) is 1. The summed E-state index contributed by atoms with van der Waals surface area (Å²) in [6, 6.07) is 16.9. The van der Waals surface area contributed by atoms with Crippen molar-refractivity contribution in [2.45, 2.75) is 18.9 Å². The average molecular weight is 322 g/mol. The number of non-ortho nitro benzene ring substituents is 1. The van der Waals surface area contributed by atoms with Gasteiger partial charge in [0.1, 0.15) is 6.07 Å². The molecule has 1 unspecified atom stereocenters. The Hall–Kier alpha value is -3.07. The number of nitro groups is 1. The quantitative estimate of drug-likeness (QED) is 0.687. The molecule has 0 radical (unpaired) electrons. The van der Waals surface area contributed by atoms with Crippen LogP contribution in [0.15, 0.2) is 48.5 Å². The second kappa shape index (κ2) is 7.01. The first-order chi connectivity index (χ1) is 11.7. The van der Waals surface area contributed by atoms with Gasteiger partial charge in [-0.15, -0.1) is 0 Å². The first-order valence-corrected chi connectivity index (χ1v) is 7.92. The van der Waals surface area contributed by atoms with E-state index in [4.69, 9.17) is 0 Å². The third-order valence-corrected chi connectivity index (χ3v) is 4.22. The second-order valence-electron chi connectivity index (χ2n) is 5.87. The number of para-hydroxylation sites is 1. The van der Waals surface area contributed by atoms with E-state index in [2.05, 4.69) is 16.3 Å². The number of rotatable bonds is 4. The van der Waals surface area contributed by atoms with Crippen molar-refractivity contribution in [1.29, 1.82) is 5.26 Å². The van der Waals surface area contributed by atoms with Crippen molar-refractivity contribution >= 4 is 17.1 Å². The molecule has 1 aliphatic rings. The van der Waals surface area contributed by atoms with Crippen LogP contribution in [0.4, 0.5) is 17.1 Å². The Morgan fingerprint density at radius 1 is 1.25 bits per heavy atom. The van der Waals surface area contributed by atoms with Gasteiger partial charge in [-0.05, 0) is 31.0 Å². The molecule has 2 aromatic rings. The summed E-state index contributed by atoms with van der Waals surface area (Å²) in [5.41, 5.74) is 2.15. The third-order valence-electron chi connectivity index (χ3n) is 4.22. The molecule has 1 aliphatic heterocycles. The molecule has 3 rings (SSSR count). The van der Waals surface area contributed by atoms with Crippen LogP contribution >= 0.6 is 0 Å². The summed E-state index contributed by atoms with van der Waals surface area (Å²) >= 11 is 0. The monoisotopic (exact) mass is 322 g/mol. The van der Waals surface area contributed by atoms with E-state index in [1.54, 1.807) is 6.07 Å². The molecule has 0 amide bonds. The SMILES string of the molecule is N#Cc1cc([N+](=O)[O-])ccc1N1CCCC(Nc2ccccc2)C1. The van der Waals surface area contributed by atoms with Gasteiger partial charge in [0.05, 0.1) is 16.2 Å². The molecule has 1 saturated heterocycles. The van der Waals surface area contributed by atoms with Crippen molar-refractivity contribution in [3.05, 3.63) is 64.2 Å². The van der Waals surface area contributed by atoms with Crippen molar-refractivity contribution in [1.82, 2.24) is 0 Å². The molecule has 1 atom stereocenters. The van der Waals surface area contributed by atoms with E-state index in [1.165, 1.54) is 12.1 Å². The summed E-state index contributed by atoms with van der Waals surface area (Å²) in [4.78, 5) is 12.5. The molecule has 1 fully saturated rings. The molecule has 0 aromatic heterocycles. The number of nitrogens with zero attached hydrogens (tertiary/aromatic N) is 3. The molecule has 24 heavy (non-hydrogen) atoms. The minimum Gasteiger partial charge on any atom is -0.381 e. The number of hydrogen-bond acceptors (Lipinski definition) is 5. The van der Waals surface area contributed by atoms with Crippen LogP contribution in [0.2, 0.25) is 0 Å². The van der Waals surface area contributed by atoms with Gasteiger partial charge >= 0.3 is 0 Å². The molecule has 0 saturated carbocycles. The van der Waals surface area contributed by atoms with E-state index in [0.29, 0.717) is 5.56 Å². The van der Waals surface area contributed by atoms with Crippen molar-refractivity contribution in [3.8, 4) is 6.07 Å². The maximum absolute atomic E-state index is 10.9. The molecule has 0 aliphatic carbocycles. The van der Waals surface area contributed by atoms with Crippen molar-refractivity contribution in [2.24, 2.45) is 0 Å². The summed E-state index contributed by atoms with van der Waals surface area (Å²) in [7, 11) is 0. The van der Waals surface area contributed by atoms with E-state index in [9.17, 15) is 15.4 Å². The Morgan fingerprint density at radius 3 is 2.75 bits per heavy atom. The summed E-state index contributed by atoms with van der Waals surface area (Å²) in [5, 5.41) is 23.7.